The number of hydrogen-bond donors (Lipinski definition) is 5. The number of carbonyl (C=O) groups excluding carboxylic acids is 1. The molecule has 5 N–H and O–H groups in total. The number of aliphatic hydroxyl groups excluding tert-OH is 3. The maximum atomic E-state index is 13.1. The van der Waals surface area contributed by atoms with Crippen LogP contribution in [0.1, 0.15) is 32.1 Å². The summed E-state index contributed by atoms with van der Waals surface area (Å²) in [5, 5.41) is 37.5. The van der Waals surface area contributed by atoms with Gasteiger partial charge in [0.2, 0.25) is 5.91 Å². The number of carbonyl (C=O) groups is 1. The summed E-state index contributed by atoms with van der Waals surface area (Å²) in [6.45, 7) is 1.44. The molecule has 9 atom stereocenters. The van der Waals surface area contributed by atoms with Crippen LogP contribution in [0.4, 0.5) is 0 Å². The molecule has 0 saturated carbocycles. The topological polar surface area (TPSA) is 120 Å². The van der Waals surface area contributed by atoms with E-state index >= 15 is 0 Å². The quantitative estimate of drug-likeness (QED) is 0.374. The molecule has 3 saturated heterocycles. The largest absolute Gasteiger partial charge is 0.388 e. The van der Waals surface area contributed by atoms with Gasteiger partial charge < -0.3 is 35.4 Å². The van der Waals surface area contributed by atoms with Gasteiger partial charge in [-0.15, -0.1) is 11.8 Å². The zero-order chi connectivity index (χ0) is 20.4. The first-order valence-corrected chi connectivity index (χ1v) is 11.7. The molecular formula is C20H32N2O6S. The summed E-state index contributed by atoms with van der Waals surface area (Å²) >= 11 is 1.41. The van der Waals surface area contributed by atoms with Crippen molar-refractivity contribution in [2.45, 2.75) is 80.1 Å². The zero-order valence-electron chi connectivity index (χ0n) is 16.5. The Labute approximate surface area is 175 Å². The number of nitrogens with one attached hydrogen (secondary N) is 2. The summed E-state index contributed by atoms with van der Waals surface area (Å²) in [5.74, 6) is 0.916. The number of ether oxygens (including phenoxy) is 2. The van der Waals surface area contributed by atoms with Gasteiger partial charge in [0, 0.05) is 13.2 Å². The molecule has 0 aromatic heterocycles. The van der Waals surface area contributed by atoms with Gasteiger partial charge in [-0.2, -0.15) is 0 Å². The lowest BCUT2D eigenvalue weighted by Crippen LogP contribution is -2.63. The van der Waals surface area contributed by atoms with Crippen molar-refractivity contribution in [1.29, 1.82) is 0 Å². The van der Waals surface area contributed by atoms with Crippen molar-refractivity contribution in [3.63, 3.8) is 0 Å². The highest BCUT2D eigenvalue weighted by atomic mass is 32.2. The Morgan fingerprint density at radius 3 is 2.83 bits per heavy atom. The first-order valence-electron chi connectivity index (χ1n) is 10.7. The van der Waals surface area contributed by atoms with E-state index in [1.165, 1.54) is 11.8 Å². The maximum Gasteiger partial charge on any atom is 0.240 e. The SMILES string of the molecule is O=C(NC1C/C=C\CCSC2OC1C(O)C(O)C2O)C1NCC2CCCCOC21. The molecule has 4 heterocycles. The van der Waals surface area contributed by atoms with Crippen molar-refractivity contribution in [1.82, 2.24) is 10.6 Å². The van der Waals surface area contributed by atoms with E-state index in [9.17, 15) is 20.1 Å². The van der Waals surface area contributed by atoms with Gasteiger partial charge in [0.15, 0.2) is 0 Å². The van der Waals surface area contributed by atoms with Gasteiger partial charge in [-0.1, -0.05) is 18.6 Å². The Balaban J connectivity index is 1.49. The minimum atomic E-state index is -1.31. The van der Waals surface area contributed by atoms with Crippen molar-refractivity contribution in [3.8, 4) is 0 Å². The van der Waals surface area contributed by atoms with Crippen LogP contribution in [0.2, 0.25) is 0 Å². The molecule has 0 radical (unpaired) electrons. The number of rotatable bonds is 2. The predicted molar refractivity (Wildman–Crippen MR) is 108 cm³/mol. The average molecular weight is 429 g/mol. The second-order valence-corrected chi connectivity index (χ2v) is 9.61. The number of thioether (sulfide) groups is 1. The lowest BCUT2D eigenvalue weighted by Gasteiger charge is -2.43. The van der Waals surface area contributed by atoms with E-state index in [-0.39, 0.29) is 12.0 Å². The third kappa shape index (κ3) is 4.66. The van der Waals surface area contributed by atoms with Crippen molar-refractivity contribution in [2.24, 2.45) is 5.92 Å². The molecular weight excluding hydrogens is 396 g/mol. The van der Waals surface area contributed by atoms with Crippen molar-refractivity contribution in [3.05, 3.63) is 12.2 Å². The molecule has 4 aliphatic rings. The normalized spacial score (nSPS) is 46.9. The summed E-state index contributed by atoms with van der Waals surface area (Å²) in [6, 6.07) is -0.942. The second kappa shape index (κ2) is 9.64. The molecule has 9 unspecified atom stereocenters. The number of allylic oxidation sites excluding steroid dienone is 1. The summed E-state index contributed by atoms with van der Waals surface area (Å²) in [7, 11) is 0. The smallest absolute Gasteiger partial charge is 0.240 e. The minimum absolute atomic E-state index is 0.138. The van der Waals surface area contributed by atoms with Gasteiger partial charge in [0.25, 0.3) is 0 Å². The molecule has 0 aliphatic carbocycles. The highest BCUT2D eigenvalue weighted by Gasteiger charge is 2.48. The predicted octanol–water partition coefficient (Wildman–Crippen LogP) is -0.481. The fraction of sp³-hybridized carbons (Fsp3) is 0.850. The van der Waals surface area contributed by atoms with Crippen molar-refractivity contribution < 1.29 is 29.6 Å². The highest BCUT2D eigenvalue weighted by Crippen LogP contribution is 2.32. The van der Waals surface area contributed by atoms with E-state index in [1.54, 1.807) is 0 Å². The van der Waals surface area contributed by atoms with Crippen molar-refractivity contribution >= 4 is 17.7 Å². The Hall–Kier alpha value is -0.680. The van der Waals surface area contributed by atoms with Crippen LogP contribution in [0.15, 0.2) is 12.2 Å². The van der Waals surface area contributed by atoms with Gasteiger partial charge in [-0.3, -0.25) is 4.79 Å². The van der Waals surface area contributed by atoms with Gasteiger partial charge in [0.1, 0.15) is 35.9 Å². The third-order valence-electron chi connectivity index (χ3n) is 6.41. The Morgan fingerprint density at radius 2 is 1.97 bits per heavy atom. The van der Waals surface area contributed by atoms with E-state index in [0.717, 1.165) is 38.0 Å². The average Bonchev–Trinajstić information content (AvgIpc) is 2.98. The van der Waals surface area contributed by atoms with Crippen LogP contribution in [-0.2, 0) is 14.3 Å². The van der Waals surface area contributed by atoms with Gasteiger partial charge in [0.05, 0.1) is 12.1 Å². The molecule has 8 nitrogen and oxygen atoms in total. The van der Waals surface area contributed by atoms with Crippen LogP contribution >= 0.6 is 11.8 Å². The van der Waals surface area contributed by atoms with Crippen LogP contribution in [0.5, 0.6) is 0 Å². The van der Waals surface area contributed by atoms with Crippen LogP contribution in [0.3, 0.4) is 0 Å². The fourth-order valence-electron chi connectivity index (χ4n) is 4.76. The summed E-state index contributed by atoms with van der Waals surface area (Å²) in [4.78, 5) is 13.1. The first kappa shape index (κ1) is 21.5. The number of hydrogen-bond acceptors (Lipinski definition) is 8. The maximum absolute atomic E-state index is 13.1. The van der Waals surface area contributed by atoms with E-state index in [4.69, 9.17) is 9.47 Å². The molecule has 0 spiro atoms. The third-order valence-corrected chi connectivity index (χ3v) is 7.60. The summed E-state index contributed by atoms with van der Waals surface area (Å²) in [6.07, 6.45) is 3.81. The minimum Gasteiger partial charge on any atom is -0.388 e. The standard InChI is InChI=1S/C20H32N2O6S/c23-14-15(24)18-12(7-2-1-5-9-29-20(28-18)16(14)25)22-19(26)13-17-11(10-21-13)6-3-4-8-27-17/h1-2,11-18,20-21,23-25H,3-10H2,(H,22,26)/b2-1-. The molecule has 29 heavy (non-hydrogen) atoms. The monoisotopic (exact) mass is 428 g/mol. The summed E-state index contributed by atoms with van der Waals surface area (Å²) in [5.41, 5.74) is -0.636. The highest BCUT2D eigenvalue weighted by molar-refractivity contribution is 7.99. The van der Waals surface area contributed by atoms with E-state index in [0.29, 0.717) is 18.9 Å². The van der Waals surface area contributed by atoms with Gasteiger partial charge in [-0.05, 0) is 37.4 Å². The molecule has 4 aliphatic heterocycles. The molecule has 0 aromatic carbocycles. The molecule has 0 aromatic rings. The number of amides is 1. The van der Waals surface area contributed by atoms with Crippen molar-refractivity contribution in [2.75, 3.05) is 18.9 Å². The molecule has 164 valence electrons. The summed E-state index contributed by atoms with van der Waals surface area (Å²) < 4.78 is 11.9. The lowest BCUT2D eigenvalue weighted by molar-refractivity contribution is -0.205. The van der Waals surface area contributed by atoms with Gasteiger partial charge >= 0.3 is 0 Å². The second-order valence-electron chi connectivity index (χ2n) is 8.40. The van der Waals surface area contributed by atoms with E-state index < -0.39 is 41.9 Å². The van der Waals surface area contributed by atoms with Crippen LogP contribution < -0.4 is 10.6 Å². The molecule has 4 rings (SSSR count). The fourth-order valence-corrected chi connectivity index (χ4v) is 5.83. The van der Waals surface area contributed by atoms with Gasteiger partial charge in [-0.25, -0.2) is 0 Å². The molecule has 9 heteroatoms. The molecule has 3 fully saturated rings. The Morgan fingerprint density at radius 1 is 1.10 bits per heavy atom. The van der Waals surface area contributed by atoms with E-state index in [1.807, 2.05) is 12.2 Å². The van der Waals surface area contributed by atoms with Crippen LogP contribution in [-0.4, -0.2) is 88.2 Å². The van der Waals surface area contributed by atoms with Crippen LogP contribution in [0, 0.1) is 5.92 Å². The molecule has 1 amide bonds. The number of fused-ring (bicyclic) bond motifs is 3. The lowest BCUT2D eigenvalue weighted by atomic mass is 9.92. The first-order chi connectivity index (χ1) is 14.1. The number of aliphatic hydroxyl groups is 3. The van der Waals surface area contributed by atoms with E-state index in [2.05, 4.69) is 10.6 Å². The zero-order valence-corrected chi connectivity index (χ0v) is 17.3. The Kier molecular flexibility index (Phi) is 7.16. The van der Waals surface area contributed by atoms with Crippen LogP contribution in [0.25, 0.3) is 0 Å². The Bertz CT molecular complexity index is 608. The molecule has 2 bridgehead atoms.